The smallest absolute Gasteiger partial charge is 0.341 e. The van der Waals surface area contributed by atoms with Crippen molar-refractivity contribution in [3.8, 4) is 5.69 Å². The SMILES string of the molecule is CCOC(=O)c1ccoc1CSc1nncn1-c1ccc(C)c(Cl)c1. The molecule has 0 bridgehead atoms. The molecular weight excluding hydrogens is 362 g/mol. The molecule has 0 saturated heterocycles. The van der Waals surface area contributed by atoms with E-state index < -0.39 is 5.97 Å². The molecule has 0 unspecified atom stereocenters. The molecule has 8 heteroatoms. The topological polar surface area (TPSA) is 70.2 Å². The van der Waals surface area contributed by atoms with Crippen molar-refractivity contribution < 1.29 is 13.9 Å². The highest BCUT2D eigenvalue weighted by Crippen LogP contribution is 2.27. The van der Waals surface area contributed by atoms with Crippen LogP contribution in [0.4, 0.5) is 0 Å². The number of aromatic nitrogens is 3. The number of ether oxygens (including phenoxy) is 1. The first-order valence-electron chi connectivity index (χ1n) is 7.63. The summed E-state index contributed by atoms with van der Waals surface area (Å²) in [5.74, 6) is 0.581. The highest BCUT2D eigenvalue weighted by Gasteiger charge is 2.17. The van der Waals surface area contributed by atoms with Gasteiger partial charge >= 0.3 is 5.97 Å². The molecular formula is C17H16ClN3O3S. The van der Waals surface area contributed by atoms with Gasteiger partial charge in [-0.1, -0.05) is 29.4 Å². The van der Waals surface area contributed by atoms with Crippen molar-refractivity contribution in [3.05, 3.63) is 58.8 Å². The average Bonchev–Trinajstić information content (AvgIpc) is 3.24. The van der Waals surface area contributed by atoms with E-state index >= 15 is 0 Å². The average molecular weight is 378 g/mol. The number of furan rings is 1. The van der Waals surface area contributed by atoms with Crippen LogP contribution in [0, 0.1) is 6.92 Å². The molecule has 0 radical (unpaired) electrons. The molecule has 0 N–H and O–H groups in total. The standard InChI is InChI=1S/C17H16ClN3O3S/c1-3-23-16(22)13-6-7-24-15(13)9-25-17-20-19-10-21(17)12-5-4-11(2)14(18)8-12/h4-8,10H,3,9H2,1-2H3. The van der Waals surface area contributed by atoms with Crippen molar-refractivity contribution in [1.29, 1.82) is 0 Å². The number of carbonyl (C=O) groups excluding carboxylic acids is 1. The lowest BCUT2D eigenvalue weighted by Gasteiger charge is -2.08. The fraction of sp³-hybridized carbons (Fsp3) is 0.235. The molecule has 0 atom stereocenters. The lowest BCUT2D eigenvalue weighted by Crippen LogP contribution is -2.05. The molecule has 0 aliphatic rings. The van der Waals surface area contributed by atoms with Crippen LogP contribution in [0.5, 0.6) is 0 Å². The van der Waals surface area contributed by atoms with Crippen LogP contribution in [0.3, 0.4) is 0 Å². The normalized spacial score (nSPS) is 10.8. The van der Waals surface area contributed by atoms with E-state index in [1.807, 2.05) is 29.7 Å². The van der Waals surface area contributed by atoms with Crippen molar-refractivity contribution in [2.45, 2.75) is 24.8 Å². The monoisotopic (exact) mass is 377 g/mol. The first kappa shape index (κ1) is 17.6. The summed E-state index contributed by atoms with van der Waals surface area (Å²) in [6.45, 7) is 4.03. The fourth-order valence-electron chi connectivity index (χ4n) is 2.20. The second kappa shape index (κ2) is 7.76. The summed E-state index contributed by atoms with van der Waals surface area (Å²) < 4.78 is 12.3. The first-order chi connectivity index (χ1) is 12.1. The Bertz CT molecular complexity index is 891. The summed E-state index contributed by atoms with van der Waals surface area (Å²) in [7, 11) is 0. The van der Waals surface area contributed by atoms with E-state index in [2.05, 4.69) is 10.2 Å². The Kier molecular flexibility index (Phi) is 5.45. The van der Waals surface area contributed by atoms with Gasteiger partial charge in [0, 0.05) is 5.02 Å². The Morgan fingerprint density at radius 3 is 3.00 bits per heavy atom. The van der Waals surface area contributed by atoms with Gasteiger partial charge in [-0.25, -0.2) is 4.79 Å². The number of benzene rings is 1. The lowest BCUT2D eigenvalue weighted by atomic mass is 10.2. The van der Waals surface area contributed by atoms with E-state index in [4.69, 9.17) is 20.8 Å². The molecule has 6 nitrogen and oxygen atoms in total. The predicted molar refractivity (Wildman–Crippen MR) is 95.3 cm³/mol. The summed E-state index contributed by atoms with van der Waals surface area (Å²) in [6, 6.07) is 7.36. The molecule has 3 rings (SSSR count). The minimum atomic E-state index is -0.390. The molecule has 2 aromatic heterocycles. The Morgan fingerprint density at radius 2 is 2.24 bits per heavy atom. The van der Waals surface area contributed by atoms with Gasteiger partial charge in [0.25, 0.3) is 0 Å². The summed E-state index contributed by atoms with van der Waals surface area (Å²) >= 11 is 7.61. The number of nitrogens with zero attached hydrogens (tertiary/aromatic N) is 3. The van der Waals surface area contributed by atoms with E-state index in [1.165, 1.54) is 18.0 Å². The molecule has 130 valence electrons. The summed E-state index contributed by atoms with van der Waals surface area (Å²) in [5, 5.41) is 9.45. The summed E-state index contributed by atoms with van der Waals surface area (Å²) in [5.41, 5.74) is 2.30. The quantitative estimate of drug-likeness (QED) is 0.471. The number of aryl methyl sites for hydroxylation is 1. The second-order valence-electron chi connectivity index (χ2n) is 5.18. The number of esters is 1. The number of carbonyl (C=O) groups is 1. The minimum Gasteiger partial charge on any atom is -0.468 e. The van der Waals surface area contributed by atoms with Crippen LogP contribution < -0.4 is 0 Å². The fourth-order valence-corrected chi connectivity index (χ4v) is 3.26. The Balaban J connectivity index is 1.78. The van der Waals surface area contributed by atoms with Gasteiger partial charge < -0.3 is 9.15 Å². The Labute approximate surface area is 154 Å². The van der Waals surface area contributed by atoms with Gasteiger partial charge in [-0.05, 0) is 37.6 Å². The zero-order chi connectivity index (χ0) is 17.8. The number of thioether (sulfide) groups is 1. The van der Waals surface area contributed by atoms with Crippen LogP contribution in [0.1, 0.15) is 28.6 Å². The van der Waals surface area contributed by atoms with E-state index in [0.29, 0.717) is 33.9 Å². The number of hydrogen-bond donors (Lipinski definition) is 0. The largest absolute Gasteiger partial charge is 0.468 e. The van der Waals surface area contributed by atoms with Gasteiger partial charge in [-0.15, -0.1) is 10.2 Å². The molecule has 0 aliphatic heterocycles. The molecule has 0 spiro atoms. The lowest BCUT2D eigenvalue weighted by molar-refractivity contribution is 0.0524. The van der Waals surface area contributed by atoms with E-state index in [0.717, 1.165) is 11.3 Å². The van der Waals surface area contributed by atoms with E-state index in [-0.39, 0.29) is 0 Å². The summed E-state index contributed by atoms with van der Waals surface area (Å²) in [4.78, 5) is 11.9. The third kappa shape index (κ3) is 3.88. The van der Waals surface area contributed by atoms with Crippen LogP contribution in [0.15, 0.2) is 46.4 Å². The van der Waals surface area contributed by atoms with Crippen molar-refractivity contribution >= 4 is 29.3 Å². The maximum atomic E-state index is 11.9. The third-order valence-electron chi connectivity index (χ3n) is 3.52. The highest BCUT2D eigenvalue weighted by molar-refractivity contribution is 7.98. The van der Waals surface area contributed by atoms with Gasteiger partial charge in [-0.3, -0.25) is 4.57 Å². The predicted octanol–water partition coefficient (Wildman–Crippen LogP) is 4.29. The zero-order valence-corrected chi connectivity index (χ0v) is 15.3. The van der Waals surface area contributed by atoms with E-state index in [1.54, 1.807) is 19.3 Å². The van der Waals surface area contributed by atoms with Gasteiger partial charge in [0.05, 0.1) is 24.3 Å². The van der Waals surface area contributed by atoms with Crippen LogP contribution in [0.25, 0.3) is 5.69 Å². The molecule has 0 aliphatic carbocycles. The zero-order valence-electron chi connectivity index (χ0n) is 13.7. The molecule has 0 amide bonds. The van der Waals surface area contributed by atoms with Crippen molar-refractivity contribution in [2.24, 2.45) is 0 Å². The van der Waals surface area contributed by atoms with Crippen LogP contribution >= 0.6 is 23.4 Å². The summed E-state index contributed by atoms with van der Waals surface area (Å²) in [6.07, 6.45) is 3.10. The maximum absolute atomic E-state index is 11.9. The Morgan fingerprint density at radius 1 is 1.40 bits per heavy atom. The number of rotatable bonds is 6. The van der Waals surface area contributed by atoms with E-state index in [9.17, 15) is 4.79 Å². The maximum Gasteiger partial charge on any atom is 0.341 e. The second-order valence-corrected chi connectivity index (χ2v) is 6.53. The number of halogens is 1. The minimum absolute atomic E-state index is 0.319. The molecule has 0 saturated carbocycles. The van der Waals surface area contributed by atoms with Crippen LogP contribution in [-0.4, -0.2) is 27.3 Å². The molecule has 2 heterocycles. The van der Waals surface area contributed by atoms with Crippen molar-refractivity contribution in [1.82, 2.24) is 14.8 Å². The Hall–Kier alpha value is -2.25. The van der Waals surface area contributed by atoms with Crippen molar-refractivity contribution in [3.63, 3.8) is 0 Å². The van der Waals surface area contributed by atoms with Gasteiger partial charge in [-0.2, -0.15) is 0 Å². The molecule has 25 heavy (non-hydrogen) atoms. The van der Waals surface area contributed by atoms with Crippen molar-refractivity contribution in [2.75, 3.05) is 6.61 Å². The number of hydrogen-bond acceptors (Lipinski definition) is 6. The van der Waals surface area contributed by atoms with Gasteiger partial charge in [0.15, 0.2) is 5.16 Å². The van der Waals surface area contributed by atoms with Crippen LogP contribution in [0.2, 0.25) is 5.02 Å². The first-order valence-corrected chi connectivity index (χ1v) is 8.99. The van der Waals surface area contributed by atoms with Gasteiger partial charge in [0.2, 0.25) is 0 Å². The van der Waals surface area contributed by atoms with Gasteiger partial charge in [0.1, 0.15) is 17.7 Å². The molecule has 3 aromatic rings. The van der Waals surface area contributed by atoms with Crippen LogP contribution in [-0.2, 0) is 10.5 Å². The third-order valence-corrected chi connectivity index (χ3v) is 4.87. The highest BCUT2D eigenvalue weighted by atomic mass is 35.5. The molecule has 1 aromatic carbocycles. The molecule has 0 fully saturated rings.